The minimum atomic E-state index is -0.0440. The van der Waals surface area contributed by atoms with Crippen molar-refractivity contribution in [3.05, 3.63) is 284 Å². The number of phenols is 10. The number of fused-ring (bicyclic) bond motifs is 20. The van der Waals surface area contributed by atoms with Gasteiger partial charge in [-0.1, -0.05) is 118 Å². The summed E-state index contributed by atoms with van der Waals surface area (Å²) in [6.45, 7) is 11.6. The maximum Gasteiger partial charge on any atom is 0.122 e. The number of hydrogen-bond acceptors (Lipinski definition) is 10. The molecule has 12 rings (SSSR count). The Morgan fingerprint density at radius 2 is 0.311 bits per heavy atom. The summed E-state index contributed by atoms with van der Waals surface area (Å²) in [4.78, 5) is 0. The Labute approximate surface area is 551 Å². The van der Waals surface area contributed by atoms with Crippen LogP contribution in [-0.2, 0) is 64.2 Å². The molecule has 454 valence electrons. The highest BCUT2D eigenvalue weighted by Gasteiger charge is 2.25. The fraction of sp³-hybridized carbons (Fsp3) is 0.205. The third kappa shape index (κ3) is 12.6. The predicted octanol–water partition coefficient (Wildman–Crippen LogP) is 15.7. The van der Waals surface area contributed by atoms with E-state index in [0.29, 0.717) is 122 Å². The van der Waals surface area contributed by atoms with Gasteiger partial charge in [-0.05, 0) is 247 Å². The Bertz CT molecular complexity index is 4150. The van der Waals surface area contributed by atoms with Crippen molar-refractivity contribution in [1.82, 2.24) is 0 Å². The highest BCUT2D eigenvalue weighted by Crippen LogP contribution is 2.43. The van der Waals surface area contributed by atoms with Gasteiger partial charge < -0.3 is 51.1 Å². The lowest BCUT2D eigenvalue weighted by Gasteiger charge is -2.19. The molecule has 0 aliphatic heterocycles. The molecule has 0 saturated carbocycles. The zero-order valence-electron chi connectivity index (χ0n) is 50.8. The number of phenolic OH excluding ortho intramolecular Hbond substituents is 10. The van der Waals surface area contributed by atoms with Gasteiger partial charge in [0.05, 0.1) is 0 Å². The molecular formula is C78H68I2O10. The van der Waals surface area contributed by atoms with Crippen molar-refractivity contribution in [2.45, 2.75) is 106 Å². The average molecular weight is 1420 g/mol. The van der Waals surface area contributed by atoms with Crippen molar-refractivity contribution in [1.29, 1.82) is 0 Å². The summed E-state index contributed by atoms with van der Waals surface area (Å²) >= 11 is 4.45. The SMILES string of the molecule is Cc1cc2c(O)c(c1)Cc1cc(I)cc(c1O)Cc1cc(C)cc(c1O)Cc1cc(C#Cc3cc4c(O)c(c3)Cc3cc(C)cc(c3O)Cc3cc(I)cc(c3O)Cc3cc(C)cc(c3O)Cc3cc(C)cc(c3O)C4)cc(c1O)Cc1cc(C)cc(c1O)C2. The number of hydrogen-bond donors (Lipinski definition) is 10. The van der Waals surface area contributed by atoms with Gasteiger partial charge in [0, 0.05) is 82.5 Å². The molecular weight excluding hydrogens is 1350 g/mol. The summed E-state index contributed by atoms with van der Waals surface area (Å²) in [6, 6.07) is 37.4. The molecule has 0 unspecified atom stereocenters. The molecule has 2 aliphatic rings. The van der Waals surface area contributed by atoms with E-state index in [0.717, 1.165) is 40.5 Å². The first-order valence-electron chi connectivity index (χ1n) is 30.0. The van der Waals surface area contributed by atoms with Crippen molar-refractivity contribution in [2.75, 3.05) is 0 Å². The molecule has 0 saturated heterocycles. The summed E-state index contributed by atoms with van der Waals surface area (Å²) in [5.41, 5.74) is 17.4. The van der Waals surface area contributed by atoms with Crippen LogP contribution in [0, 0.1) is 60.5 Å². The number of rotatable bonds is 0. The van der Waals surface area contributed by atoms with Crippen LogP contribution < -0.4 is 0 Å². The molecule has 0 fully saturated rings. The van der Waals surface area contributed by atoms with Crippen molar-refractivity contribution >= 4 is 45.2 Å². The quantitative estimate of drug-likeness (QED) is 0.0514. The molecule has 0 amide bonds. The molecule has 0 heterocycles. The van der Waals surface area contributed by atoms with Crippen molar-refractivity contribution < 1.29 is 51.1 Å². The molecule has 12 heteroatoms. The second-order valence-electron chi connectivity index (χ2n) is 25.0. The van der Waals surface area contributed by atoms with E-state index in [1.54, 1.807) is 24.3 Å². The number of halogens is 2. The maximum absolute atomic E-state index is 12.5. The summed E-state index contributed by atoms with van der Waals surface area (Å²) in [5, 5.41) is 122. The van der Waals surface area contributed by atoms with E-state index in [2.05, 4.69) is 57.0 Å². The van der Waals surface area contributed by atoms with Crippen LogP contribution in [0.25, 0.3) is 0 Å². The van der Waals surface area contributed by atoms with Crippen molar-refractivity contribution in [3.63, 3.8) is 0 Å². The normalized spacial score (nSPS) is 13.0. The molecule has 20 bridgehead atoms. The van der Waals surface area contributed by atoms with E-state index in [-0.39, 0.29) is 122 Å². The maximum atomic E-state index is 12.5. The molecule has 90 heavy (non-hydrogen) atoms. The molecule has 10 aromatic carbocycles. The van der Waals surface area contributed by atoms with Gasteiger partial charge >= 0.3 is 0 Å². The van der Waals surface area contributed by atoms with Crippen LogP contribution in [0.5, 0.6) is 57.5 Å². The van der Waals surface area contributed by atoms with E-state index >= 15 is 0 Å². The molecule has 0 radical (unpaired) electrons. The summed E-state index contributed by atoms with van der Waals surface area (Å²) in [6.07, 6.45) is 1.61. The first-order chi connectivity index (χ1) is 42.9. The fourth-order valence-corrected chi connectivity index (χ4v) is 15.1. The fourth-order valence-electron chi connectivity index (χ4n) is 13.6. The third-order valence-corrected chi connectivity index (χ3v) is 18.9. The van der Waals surface area contributed by atoms with E-state index in [4.69, 9.17) is 0 Å². The molecule has 0 spiro atoms. The summed E-state index contributed by atoms with van der Waals surface area (Å²) in [7, 11) is 0. The lowest BCUT2D eigenvalue weighted by molar-refractivity contribution is 0.448. The number of benzene rings is 10. The number of aryl methyl sites for hydroxylation is 6. The molecule has 10 aromatic rings. The van der Waals surface area contributed by atoms with E-state index in [1.165, 1.54) is 0 Å². The van der Waals surface area contributed by atoms with Gasteiger partial charge in [0.2, 0.25) is 0 Å². The lowest BCUT2D eigenvalue weighted by Crippen LogP contribution is -2.03. The molecule has 10 N–H and O–H groups in total. The Morgan fingerprint density at radius 1 is 0.200 bits per heavy atom. The average Bonchev–Trinajstić information content (AvgIpc) is 1.03. The van der Waals surface area contributed by atoms with E-state index in [9.17, 15) is 51.1 Å². The molecule has 0 atom stereocenters. The van der Waals surface area contributed by atoms with Gasteiger partial charge in [-0.25, -0.2) is 0 Å². The van der Waals surface area contributed by atoms with Crippen molar-refractivity contribution in [3.8, 4) is 69.3 Å². The standard InChI is InChI=1S/C78H68I2O10/c1-39-9-47-25-49-11-41(3)17-55(71(49)83)31-63-35-67(79)37-65(77(63)89)33-57-19-43(5)15-53(73(57)85)29-61-23-45(21-59(75(61)87)27-51(13-39)69(47)81)7-8-46-22-60-28-52-14-40(2)10-48(70(52)82)26-50-12-42(4)18-56(72(50)84)32-64-36-68(80)38-66(78(64)90)34-58-20-44(6)16-54(74(58)86)30-62(24-46)76(60)88/h9-24,35-38,81-90H,25-34H2,1-6H3. The third-order valence-electron chi connectivity index (χ3n) is 17.6. The van der Waals surface area contributed by atoms with Gasteiger partial charge in [0.15, 0.2) is 0 Å². The van der Waals surface area contributed by atoms with Crippen LogP contribution in [0.2, 0.25) is 0 Å². The number of aromatic hydroxyl groups is 10. The zero-order valence-corrected chi connectivity index (χ0v) is 55.2. The van der Waals surface area contributed by atoms with Crippen LogP contribution in [0.15, 0.2) is 121 Å². The van der Waals surface area contributed by atoms with Gasteiger partial charge in [0.25, 0.3) is 0 Å². The predicted molar refractivity (Wildman–Crippen MR) is 369 cm³/mol. The summed E-state index contributed by atoms with van der Waals surface area (Å²) in [5.74, 6) is 6.97. The smallest absolute Gasteiger partial charge is 0.122 e. The topological polar surface area (TPSA) is 202 Å². The van der Waals surface area contributed by atoms with Gasteiger partial charge in [-0.3, -0.25) is 0 Å². The van der Waals surface area contributed by atoms with Crippen LogP contribution in [-0.4, -0.2) is 51.1 Å². The second kappa shape index (κ2) is 24.5. The highest BCUT2D eigenvalue weighted by atomic mass is 127. The monoisotopic (exact) mass is 1420 g/mol. The first kappa shape index (κ1) is 61.5. The van der Waals surface area contributed by atoms with E-state index < -0.39 is 0 Å². The van der Waals surface area contributed by atoms with Crippen LogP contribution >= 0.6 is 45.2 Å². The van der Waals surface area contributed by atoms with Crippen LogP contribution in [0.4, 0.5) is 0 Å². The Kier molecular flexibility index (Phi) is 16.8. The van der Waals surface area contributed by atoms with Gasteiger partial charge in [0.1, 0.15) is 57.5 Å². The Morgan fingerprint density at radius 3 is 0.444 bits per heavy atom. The van der Waals surface area contributed by atoms with E-state index in [1.807, 2.05) is 139 Å². The minimum absolute atomic E-state index is 0.00983. The molecule has 10 nitrogen and oxygen atoms in total. The van der Waals surface area contributed by atoms with Crippen molar-refractivity contribution in [2.24, 2.45) is 0 Å². The minimum Gasteiger partial charge on any atom is -0.507 e. The largest absolute Gasteiger partial charge is 0.507 e. The molecule has 2 aliphatic carbocycles. The van der Waals surface area contributed by atoms with Gasteiger partial charge in [-0.2, -0.15) is 0 Å². The summed E-state index contributed by atoms with van der Waals surface area (Å²) < 4.78 is 1.74. The Hall–Kier alpha value is -8.78. The first-order valence-corrected chi connectivity index (χ1v) is 32.1. The van der Waals surface area contributed by atoms with Crippen LogP contribution in [0.3, 0.4) is 0 Å². The second-order valence-corrected chi connectivity index (χ2v) is 27.5. The zero-order chi connectivity index (χ0) is 63.7. The lowest BCUT2D eigenvalue weighted by atomic mass is 9.89. The highest BCUT2D eigenvalue weighted by molar-refractivity contribution is 14.1. The molecule has 0 aromatic heterocycles. The van der Waals surface area contributed by atoms with Crippen LogP contribution in [0.1, 0.15) is 156 Å². The van der Waals surface area contributed by atoms with Gasteiger partial charge in [-0.15, -0.1) is 0 Å². The Balaban J connectivity index is 1.02.